The van der Waals surface area contributed by atoms with E-state index in [1.165, 1.54) is 0 Å². The van der Waals surface area contributed by atoms with E-state index in [0.717, 1.165) is 11.0 Å². The molecule has 4 aromatic rings. The molecule has 0 radical (unpaired) electrons. The summed E-state index contributed by atoms with van der Waals surface area (Å²) in [6.45, 7) is 0. The van der Waals surface area contributed by atoms with E-state index in [4.69, 9.17) is 0 Å². The molecule has 1 saturated carbocycles. The minimum absolute atomic E-state index is 0.0174. The first kappa shape index (κ1) is 15.0. The summed E-state index contributed by atoms with van der Waals surface area (Å²) in [5.74, 6) is 0.722. The molecule has 1 aliphatic rings. The number of benzene rings is 1. The highest BCUT2D eigenvalue weighted by Gasteiger charge is 2.24. The standard InChI is InChI=1S/C18H16N6O2/c25-12-7-5-11(6-8-12)24-16-14(21-18(24)26)9-19-17(22-16)23-10-20-13-3-1-2-4-15(13)23/h1-4,9-11H,5-8H2,(H,21,26). The van der Waals surface area contributed by atoms with Crippen molar-refractivity contribution in [2.45, 2.75) is 31.7 Å². The van der Waals surface area contributed by atoms with Gasteiger partial charge in [-0.1, -0.05) is 12.1 Å². The highest BCUT2D eigenvalue weighted by Crippen LogP contribution is 2.27. The second-order valence-electron chi connectivity index (χ2n) is 6.58. The van der Waals surface area contributed by atoms with Crippen molar-refractivity contribution in [3.63, 3.8) is 0 Å². The number of fused-ring (bicyclic) bond motifs is 2. The molecular weight excluding hydrogens is 332 g/mol. The van der Waals surface area contributed by atoms with Crippen molar-refractivity contribution in [2.24, 2.45) is 0 Å². The van der Waals surface area contributed by atoms with Crippen LogP contribution >= 0.6 is 0 Å². The van der Waals surface area contributed by atoms with E-state index in [1.54, 1.807) is 21.7 Å². The van der Waals surface area contributed by atoms with Crippen LogP contribution in [0.2, 0.25) is 0 Å². The number of nitrogens with zero attached hydrogens (tertiary/aromatic N) is 5. The van der Waals surface area contributed by atoms with Gasteiger partial charge in [-0.25, -0.2) is 14.8 Å². The Balaban J connectivity index is 1.66. The van der Waals surface area contributed by atoms with Gasteiger partial charge in [0, 0.05) is 18.9 Å². The molecular formula is C18H16N6O2. The van der Waals surface area contributed by atoms with Crippen LogP contribution < -0.4 is 5.69 Å². The van der Waals surface area contributed by atoms with Gasteiger partial charge >= 0.3 is 5.69 Å². The number of aromatic nitrogens is 6. The first-order chi connectivity index (χ1) is 12.7. The van der Waals surface area contributed by atoms with Crippen molar-refractivity contribution < 1.29 is 4.79 Å². The maximum Gasteiger partial charge on any atom is 0.327 e. The third kappa shape index (κ3) is 2.26. The molecule has 1 N–H and O–H groups in total. The Labute approximate surface area is 147 Å². The quantitative estimate of drug-likeness (QED) is 0.598. The first-order valence-electron chi connectivity index (χ1n) is 8.62. The fourth-order valence-corrected chi connectivity index (χ4v) is 3.66. The lowest BCUT2D eigenvalue weighted by Gasteiger charge is -2.21. The van der Waals surface area contributed by atoms with Gasteiger partial charge in [0.2, 0.25) is 5.95 Å². The Morgan fingerprint density at radius 2 is 1.88 bits per heavy atom. The van der Waals surface area contributed by atoms with Crippen molar-refractivity contribution >= 4 is 28.0 Å². The summed E-state index contributed by atoms with van der Waals surface area (Å²) >= 11 is 0. The maximum atomic E-state index is 12.5. The van der Waals surface area contributed by atoms with E-state index in [0.29, 0.717) is 42.8 Å². The minimum atomic E-state index is -0.207. The average Bonchev–Trinajstić information content (AvgIpc) is 3.22. The normalized spacial score (nSPS) is 15.9. The molecule has 0 aliphatic heterocycles. The van der Waals surface area contributed by atoms with Crippen LogP contribution in [-0.2, 0) is 4.79 Å². The molecule has 0 amide bonds. The number of aromatic amines is 1. The number of carbonyl (C=O) groups is 1. The molecule has 1 fully saturated rings. The lowest BCUT2D eigenvalue weighted by molar-refractivity contribution is -0.120. The van der Waals surface area contributed by atoms with E-state index in [2.05, 4.69) is 19.9 Å². The van der Waals surface area contributed by atoms with Gasteiger partial charge in [0.25, 0.3) is 0 Å². The van der Waals surface area contributed by atoms with Gasteiger partial charge in [0.15, 0.2) is 5.65 Å². The Morgan fingerprint density at radius 3 is 2.73 bits per heavy atom. The number of imidazole rings is 2. The summed E-state index contributed by atoms with van der Waals surface area (Å²) in [6, 6.07) is 7.72. The molecule has 0 bridgehead atoms. The number of Topliss-reactive ketones (excluding diaryl/α,β-unsaturated/α-hetero) is 1. The zero-order valence-electron chi connectivity index (χ0n) is 13.9. The Morgan fingerprint density at radius 1 is 1.08 bits per heavy atom. The van der Waals surface area contributed by atoms with Crippen LogP contribution in [-0.4, -0.2) is 34.9 Å². The molecule has 0 atom stereocenters. The summed E-state index contributed by atoms with van der Waals surface area (Å²) in [5.41, 5.74) is 2.71. The van der Waals surface area contributed by atoms with Crippen molar-refractivity contribution in [3.05, 3.63) is 47.3 Å². The first-order valence-corrected chi connectivity index (χ1v) is 8.62. The van der Waals surface area contributed by atoms with Crippen molar-refractivity contribution in [1.82, 2.24) is 29.1 Å². The van der Waals surface area contributed by atoms with Gasteiger partial charge < -0.3 is 4.98 Å². The number of carbonyl (C=O) groups excluding carboxylic acids is 1. The van der Waals surface area contributed by atoms with Crippen LogP contribution in [0.1, 0.15) is 31.7 Å². The van der Waals surface area contributed by atoms with Gasteiger partial charge in [-0.2, -0.15) is 4.98 Å². The van der Waals surface area contributed by atoms with Gasteiger partial charge in [0.1, 0.15) is 17.6 Å². The molecule has 0 spiro atoms. The van der Waals surface area contributed by atoms with Gasteiger partial charge in [-0.3, -0.25) is 13.9 Å². The predicted octanol–water partition coefficient (Wildman–Crippen LogP) is 2.14. The number of hydrogen-bond donors (Lipinski definition) is 1. The van der Waals surface area contributed by atoms with E-state index in [1.807, 2.05) is 24.3 Å². The zero-order valence-corrected chi connectivity index (χ0v) is 13.9. The number of H-pyrrole nitrogens is 1. The monoisotopic (exact) mass is 348 g/mol. The van der Waals surface area contributed by atoms with E-state index in [-0.39, 0.29) is 17.5 Å². The SMILES string of the molecule is O=C1CCC(n2c(=O)[nH]c3cnc(-n4cnc5ccccc54)nc32)CC1. The molecule has 3 heterocycles. The highest BCUT2D eigenvalue weighted by molar-refractivity contribution is 5.79. The third-order valence-corrected chi connectivity index (χ3v) is 4.99. The minimum Gasteiger partial charge on any atom is -0.303 e. The van der Waals surface area contributed by atoms with Crippen molar-refractivity contribution in [1.29, 1.82) is 0 Å². The highest BCUT2D eigenvalue weighted by atomic mass is 16.1. The molecule has 130 valence electrons. The lowest BCUT2D eigenvalue weighted by Crippen LogP contribution is -2.26. The molecule has 8 nitrogen and oxygen atoms in total. The van der Waals surface area contributed by atoms with E-state index < -0.39 is 0 Å². The number of nitrogens with one attached hydrogen (secondary N) is 1. The van der Waals surface area contributed by atoms with Gasteiger partial charge in [0.05, 0.1) is 17.2 Å². The number of para-hydroxylation sites is 2. The van der Waals surface area contributed by atoms with Crippen LogP contribution in [0.15, 0.2) is 41.6 Å². The summed E-state index contributed by atoms with van der Waals surface area (Å²) in [6.07, 6.45) is 5.65. The van der Waals surface area contributed by atoms with Gasteiger partial charge in [-0.15, -0.1) is 0 Å². The number of hydrogen-bond acceptors (Lipinski definition) is 5. The van der Waals surface area contributed by atoms with E-state index >= 15 is 0 Å². The summed E-state index contributed by atoms with van der Waals surface area (Å²) in [5, 5.41) is 0. The fourth-order valence-electron chi connectivity index (χ4n) is 3.66. The molecule has 8 heteroatoms. The summed E-state index contributed by atoms with van der Waals surface area (Å²) in [7, 11) is 0. The van der Waals surface area contributed by atoms with Crippen LogP contribution in [0, 0.1) is 0 Å². The lowest BCUT2D eigenvalue weighted by atomic mass is 9.94. The Kier molecular flexibility index (Phi) is 3.24. The molecule has 1 aliphatic carbocycles. The molecule has 5 rings (SSSR count). The largest absolute Gasteiger partial charge is 0.327 e. The second kappa shape index (κ2) is 5.62. The zero-order chi connectivity index (χ0) is 17.7. The molecule has 0 unspecified atom stereocenters. The molecule has 26 heavy (non-hydrogen) atoms. The Bertz CT molecular complexity index is 1190. The summed E-state index contributed by atoms with van der Waals surface area (Å²) in [4.78, 5) is 40.2. The Hall–Kier alpha value is -3.29. The fraction of sp³-hybridized carbons (Fsp3) is 0.278. The van der Waals surface area contributed by atoms with Gasteiger partial charge in [-0.05, 0) is 25.0 Å². The van der Waals surface area contributed by atoms with Crippen molar-refractivity contribution in [2.75, 3.05) is 0 Å². The third-order valence-electron chi connectivity index (χ3n) is 4.99. The van der Waals surface area contributed by atoms with Crippen LogP contribution in [0.25, 0.3) is 28.1 Å². The molecule has 3 aromatic heterocycles. The average molecular weight is 348 g/mol. The van der Waals surface area contributed by atoms with E-state index in [9.17, 15) is 9.59 Å². The van der Waals surface area contributed by atoms with Crippen LogP contribution in [0.5, 0.6) is 0 Å². The molecule has 1 aromatic carbocycles. The maximum absolute atomic E-state index is 12.5. The van der Waals surface area contributed by atoms with Crippen molar-refractivity contribution in [3.8, 4) is 5.95 Å². The summed E-state index contributed by atoms with van der Waals surface area (Å²) < 4.78 is 3.48. The predicted molar refractivity (Wildman–Crippen MR) is 95.3 cm³/mol. The second-order valence-corrected chi connectivity index (χ2v) is 6.58. The van der Waals surface area contributed by atoms with Crippen LogP contribution in [0.4, 0.5) is 0 Å². The number of ketones is 1. The number of rotatable bonds is 2. The molecule has 0 saturated heterocycles. The topological polar surface area (TPSA) is 98.5 Å². The van der Waals surface area contributed by atoms with Crippen LogP contribution in [0.3, 0.4) is 0 Å². The smallest absolute Gasteiger partial charge is 0.303 e.